The van der Waals surface area contributed by atoms with Crippen LogP contribution in [-0.2, 0) is 16.0 Å². The van der Waals surface area contributed by atoms with Gasteiger partial charge in [0.1, 0.15) is 0 Å². The van der Waals surface area contributed by atoms with E-state index in [2.05, 4.69) is 19.1 Å². The van der Waals surface area contributed by atoms with Crippen molar-refractivity contribution in [3.63, 3.8) is 0 Å². The van der Waals surface area contributed by atoms with E-state index in [1.165, 1.54) is 18.4 Å². The molecule has 0 aromatic heterocycles. The Morgan fingerprint density at radius 1 is 1.00 bits per heavy atom. The summed E-state index contributed by atoms with van der Waals surface area (Å²) < 4.78 is 0. The maximum absolute atomic E-state index is 12.9. The van der Waals surface area contributed by atoms with Crippen molar-refractivity contribution in [2.45, 2.75) is 64.3 Å². The normalized spacial score (nSPS) is 23.9. The van der Waals surface area contributed by atoms with Gasteiger partial charge in [-0.25, -0.2) is 0 Å². The van der Waals surface area contributed by atoms with E-state index >= 15 is 0 Å². The summed E-state index contributed by atoms with van der Waals surface area (Å²) in [6.07, 6.45) is 7.71. The van der Waals surface area contributed by atoms with Crippen LogP contribution in [0.25, 0.3) is 0 Å². The van der Waals surface area contributed by atoms with Gasteiger partial charge in [0.15, 0.2) is 0 Å². The lowest BCUT2D eigenvalue weighted by Crippen LogP contribution is -2.46. The van der Waals surface area contributed by atoms with E-state index in [9.17, 15) is 9.59 Å². The van der Waals surface area contributed by atoms with Crippen LogP contribution in [0.1, 0.15) is 57.4 Å². The number of hydrogen-bond donors (Lipinski definition) is 0. The van der Waals surface area contributed by atoms with Gasteiger partial charge < -0.3 is 9.80 Å². The summed E-state index contributed by atoms with van der Waals surface area (Å²) in [7, 11) is 1.99. The van der Waals surface area contributed by atoms with Crippen LogP contribution in [-0.4, -0.2) is 47.8 Å². The fraction of sp³-hybridized carbons (Fsp3) is 0.652. The molecule has 1 aromatic carbocycles. The van der Waals surface area contributed by atoms with Crippen LogP contribution in [0, 0.1) is 11.8 Å². The molecule has 2 fully saturated rings. The summed E-state index contributed by atoms with van der Waals surface area (Å²) in [5.41, 5.74) is 1.21. The monoisotopic (exact) mass is 370 g/mol. The molecule has 0 spiro atoms. The SMILES string of the molecule is CC1CCC(N(C)C(=O)C2CCN(C(=O)CCc3ccccc3)CC2)CC1. The zero-order valence-electron chi connectivity index (χ0n) is 16.9. The van der Waals surface area contributed by atoms with E-state index in [1.54, 1.807) is 0 Å². The van der Waals surface area contributed by atoms with Crippen molar-refractivity contribution in [3.05, 3.63) is 35.9 Å². The fourth-order valence-electron chi connectivity index (χ4n) is 4.53. The first-order valence-corrected chi connectivity index (χ1v) is 10.6. The number of amides is 2. The number of carbonyl (C=O) groups is 2. The molecule has 0 atom stereocenters. The number of rotatable bonds is 5. The number of carbonyl (C=O) groups excluding carboxylic acids is 2. The lowest BCUT2D eigenvalue weighted by atomic mass is 9.86. The van der Waals surface area contributed by atoms with E-state index in [0.29, 0.717) is 18.4 Å². The van der Waals surface area contributed by atoms with Crippen LogP contribution in [0.4, 0.5) is 0 Å². The van der Waals surface area contributed by atoms with Crippen LogP contribution in [0.5, 0.6) is 0 Å². The number of piperidine rings is 1. The molecule has 1 aliphatic carbocycles. The van der Waals surface area contributed by atoms with Gasteiger partial charge in [0.25, 0.3) is 0 Å². The third-order valence-electron chi connectivity index (χ3n) is 6.55. The van der Waals surface area contributed by atoms with Gasteiger partial charge in [0, 0.05) is 38.5 Å². The highest BCUT2D eigenvalue weighted by Crippen LogP contribution is 2.29. The highest BCUT2D eigenvalue weighted by molar-refractivity contribution is 5.80. The molecule has 27 heavy (non-hydrogen) atoms. The molecule has 0 unspecified atom stereocenters. The van der Waals surface area contributed by atoms with Crippen LogP contribution >= 0.6 is 0 Å². The Kier molecular flexibility index (Phi) is 6.92. The Hall–Kier alpha value is -1.84. The smallest absolute Gasteiger partial charge is 0.225 e. The summed E-state index contributed by atoms with van der Waals surface area (Å²) in [4.78, 5) is 29.3. The molecule has 1 aromatic rings. The summed E-state index contributed by atoms with van der Waals surface area (Å²) in [5, 5.41) is 0. The fourth-order valence-corrected chi connectivity index (χ4v) is 4.53. The Morgan fingerprint density at radius 2 is 1.63 bits per heavy atom. The first-order chi connectivity index (χ1) is 13.0. The quantitative estimate of drug-likeness (QED) is 0.789. The van der Waals surface area contributed by atoms with Crippen molar-refractivity contribution >= 4 is 11.8 Å². The first kappa shape index (κ1) is 19.9. The maximum Gasteiger partial charge on any atom is 0.225 e. The number of aryl methyl sites for hydroxylation is 1. The van der Waals surface area contributed by atoms with Crippen molar-refractivity contribution in [1.82, 2.24) is 9.80 Å². The molecule has 4 nitrogen and oxygen atoms in total. The number of hydrogen-bond acceptors (Lipinski definition) is 2. The average molecular weight is 371 g/mol. The minimum absolute atomic E-state index is 0.0903. The number of benzene rings is 1. The molecule has 1 heterocycles. The second-order valence-corrected chi connectivity index (χ2v) is 8.50. The van der Waals surface area contributed by atoms with Crippen molar-refractivity contribution in [1.29, 1.82) is 0 Å². The summed E-state index contributed by atoms with van der Waals surface area (Å²) >= 11 is 0. The summed E-state index contributed by atoms with van der Waals surface area (Å²) in [6, 6.07) is 10.6. The minimum Gasteiger partial charge on any atom is -0.343 e. The first-order valence-electron chi connectivity index (χ1n) is 10.6. The van der Waals surface area contributed by atoms with Crippen molar-refractivity contribution in [2.24, 2.45) is 11.8 Å². The number of nitrogens with zero attached hydrogens (tertiary/aromatic N) is 2. The number of likely N-dealkylation sites (tertiary alicyclic amines) is 1. The molecule has 148 valence electrons. The van der Waals surface area contributed by atoms with Crippen molar-refractivity contribution in [2.75, 3.05) is 20.1 Å². The van der Waals surface area contributed by atoms with Gasteiger partial charge in [-0.3, -0.25) is 9.59 Å². The third-order valence-corrected chi connectivity index (χ3v) is 6.55. The molecule has 0 radical (unpaired) electrons. The van der Waals surface area contributed by atoms with Crippen LogP contribution in [0.15, 0.2) is 30.3 Å². The van der Waals surface area contributed by atoms with E-state index < -0.39 is 0 Å². The van der Waals surface area contributed by atoms with Gasteiger partial charge in [0.2, 0.25) is 11.8 Å². The Balaban J connectivity index is 1.42. The molecule has 0 N–H and O–H groups in total. The Morgan fingerprint density at radius 3 is 2.26 bits per heavy atom. The van der Waals surface area contributed by atoms with Gasteiger partial charge in [-0.1, -0.05) is 37.3 Å². The van der Waals surface area contributed by atoms with Gasteiger partial charge in [0.05, 0.1) is 0 Å². The van der Waals surface area contributed by atoms with E-state index in [1.807, 2.05) is 35.0 Å². The van der Waals surface area contributed by atoms with Crippen molar-refractivity contribution in [3.8, 4) is 0 Å². The standard InChI is InChI=1S/C23H34N2O2/c1-18-8-11-21(12-9-18)24(2)23(27)20-14-16-25(17-15-20)22(26)13-10-19-6-4-3-5-7-19/h3-7,18,20-21H,8-17H2,1-2H3. The van der Waals surface area contributed by atoms with E-state index in [-0.39, 0.29) is 11.8 Å². The minimum atomic E-state index is 0.0903. The van der Waals surface area contributed by atoms with Crippen LogP contribution < -0.4 is 0 Å². The second kappa shape index (κ2) is 9.38. The highest BCUT2D eigenvalue weighted by atomic mass is 16.2. The topological polar surface area (TPSA) is 40.6 Å². The lowest BCUT2D eigenvalue weighted by molar-refractivity contribution is -0.141. The van der Waals surface area contributed by atoms with Crippen LogP contribution in [0.2, 0.25) is 0 Å². The van der Waals surface area contributed by atoms with Gasteiger partial charge in [-0.2, -0.15) is 0 Å². The van der Waals surface area contributed by atoms with Gasteiger partial charge in [-0.15, -0.1) is 0 Å². The molecule has 0 bridgehead atoms. The molecule has 1 saturated carbocycles. The largest absolute Gasteiger partial charge is 0.343 e. The third kappa shape index (κ3) is 5.33. The molecule has 1 aliphatic heterocycles. The van der Waals surface area contributed by atoms with E-state index in [0.717, 1.165) is 51.1 Å². The van der Waals surface area contributed by atoms with Crippen LogP contribution in [0.3, 0.4) is 0 Å². The molecular formula is C23H34N2O2. The molecule has 2 aliphatic rings. The lowest BCUT2D eigenvalue weighted by Gasteiger charge is -2.38. The predicted molar refractivity (Wildman–Crippen MR) is 108 cm³/mol. The molecule has 2 amide bonds. The van der Waals surface area contributed by atoms with Gasteiger partial charge >= 0.3 is 0 Å². The Bertz CT molecular complexity index is 615. The predicted octanol–water partition coefficient (Wildman–Crippen LogP) is 3.89. The zero-order valence-corrected chi connectivity index (χ0v) is 16.9. The molecule has 3 rings (SSSR count). The molecule has 4 heteroatoms. The highest BCUT2D eigenvalue weighted by Gasteiger charge is 2.32. The van der Waals surface area contributed by atoms with Gasteiger partial charge in [-0.05, 0) is 56.4 Å². The zero-order chi connectivity index (χ0) is 19.2. The maximum atomic E-state index is 12.9. The van der Waals surface area contributed by atoms with E-state index in [4.69, 9.17) is 0 Å². The summed E-state index contributed by atoms with van der Waals surface area (Å²) in [6.45, 7) is 3.75. The molecular weight excluding hydrogens is 336 g/mol. The Labute approximate surface area is 163 Å². The summed E-state index contributed by atoms with van der Waals surface area (Å²) in [5.74, 6) is 1.41. The van der Waals surface area contributed by atoms with Crippen molar-refractivity contribution < 1.29 is 9.59 Å². The second-order valence-electron chi connectivity index (χ2n) is 8.50. The molecule has 1 saturated heterocycles. The average Bonchev–Trinajstić information content (AvgIpc) is 2.72.